The molecule has 1 unspecified atom stereocenters. The minimum Gasteiger partial charge on any atom is -0.325 e. The Labute approximate surface area is 128 Å². The molecular formula is C16H16ClFN2O. The lowest BCUT2D eigenvalue weighted by Gasteiger charge is -2.14. The van der Waals surface area contributed by atoms with Crippen molar-refractivity contribution in [2.45, 2.75) is 13.0 Å². The minimum atomic E-state index is -0.381. The standard InChI is InChI=1S/C16H16ClFN2O/c1-11(12-4-2-5-13(17)8-12)19-10-16(21)20-15-7-3-6-14(18)9-15/h2-9,11,19H,10H2,1H3,(H,20,21). The molecular weight excluding hydrogens is 291 g/mol. The zero-order chi connectivity index (χ0) is 15.2. The second-order valence-electron chi connectivity index (χ2n) is 4.72. The number of carbonyl (C=O) groups excluding carboxylic acids is 1. The first-order valence-electron chi connectivity index (χ1n) is 6.59. The normalized spacial score (nSPS) is 12.0. The highest BCUT2D eigenvalue weighted by Crippen LogP contribution is 2.17. The van der Waals surface area contributed by atoms with E-state index in [1.54, 1.807) is 18.2 Å². The number of anilines is 1. The van der Waals surface area contributed by atoms with E-state index in [0.29, 0.717) is 10.7 Å². The number of hydrogen-bond donors (Lipinski definition) is 2. The second-order valence-corrected chi connectivity index (χ2v) is 5.15. The Bertz CT molecular complexity index is 633. The van der Waals surface area contributed by atoms with Gasteiger partial charge in [0.2, 0.25) is 5.91 Å². The van der Waals surface area contributed by atoms with Crippen molar-refractivity contribution in [2.75, 3.05) is 11.9 Å². The molecule has 0 fully saturated rings. The van der Waals surface area contributed by atoms with Gasteiger partial charge in [-0.05, 0) is 42.8 Å². The van der Waals surface area contributed by atoms with Gasteiger partial charge in [-0.25, -0.2) is 4.39 Å². The van der Waals surface area contributed by atoms with Crippen molar-refractivity contribution >= 4 is 23.2 Å². The Morgan fingerprint density at radius 1 is 1.24 bits per heavy atom. The van der Waals surface area contributed by atoms with Crippen LogP contribution >= 0.6 is 11.6 Å². The highest BCUT2D eigenvalue weighted by Gasteiger charge is 2.08. The first-order chi connectivity index (χ1) is 10.0. The number of nitrogens with one attached hydrogen (secondary N) is 2. The fraction of sp³-hybridized carbons (Fsp3) is 0.188. The Kier molecular flexibility index (Phi) is 5.31. The highest BCUT2D eigenvalue weighted by atomic mass is 35.5. The summed E-state index contributed by atoms with van der Waals surface area (Å²) < 4.78 is 13.0. The zero-order valence-corrected chi connectivity index (χ0v) is 12.3. The van der Waals surface area contributed by atoms with E-state index in [4.69, 9.17) is 11.6 Å². The molecule has 1 atom stereocenters. The van der Waals surface area contributed by atoms with Crippen molar-refractivity contribution in [3.63, 3.8) is 0 Å². The molecule has 1 amide bonds. The lowest BCUT2D eigenvalue weighted by atomic mass is 10.1. The molecule has 0 bridgehead atoms. The van der Waals surface area contributed by atoms with Gasteiger partial charge in [-0.15, -0.1) is 0 Å². The average molecular weight is 307 g/mol. The second kappa shape index (κ2) is 7.20. The summed E-state index contributed by atoms with van der Waals surface area (Å²) in [5, 5.41) is 6.39. The summed E-state index contributed by atoms with van der Waals surface area (Å²) in [6.45, 7) is 2.07. The Morgan fingerprint density at radius 3 is 2.71 bits per heavy atom. The van der Waals surface area contributed by atoms with E-state index in [1.807, 2.05) is 25.1 Å². The number of halogens is 2. The van der Waals surface area contributed by atoms with Crippen molar-refractivity contribution in [1.82, 2.24) is 5.32 Å². The van der Waals surface area contributed by atoms with E-state index >= 15 is 0 Å². The van der Waals surface area contributed by atoms with Crippen LogP contribution in [0.5, 0.6) is 0 Å². The molecule has 0 heterocycles. The van der Waals surface area contributed by atoms with Gasteiger partial charge < -0.3 is 10.6 Å². The van der Waals surface area contributed by atoms with Crippen molar-refractivity contribution < 1.29 is 9.18 Å². The largest absolute Gasteiger partial charge is 0.325 e. The number of rotatable bonds is 5. The van der Waals surface area contributed by atoms with E-state index in [9.17, 15) is 9.18 Å². The number of hydrogen-bond acceptors (Lipinski definition) is 2. The molecule has 0 radical (unpaired) electrons. The summed E-state index contributed by atoms with van der Waals surface area (Å²) >= 11 is 5.93. The lowest BCUT2D eigenvalue weighted by Crippen LogP contribution is -2.30. The van der Waals surface area contributed by atoms with Gasteiger partial charge in [-0.3, -0.25) is 4.79 Å². The van der Waals surface area contributed by atoms with Gasteiger partial charge in [0, 0.05) is 16.8 Å². The van der Waals surface area contributed by atoms with Crippen LogP contribution in [-0.4, -0.2) is 12.5 Å². The fourth-order valence-corrected chi connectivity index (χ4v) is 2.11. The minimum absolute atomic E-state index is 0.0121. The van der Waals surface area contributed by atoms with Crippen molar-refractivity contribution in [3.8, 4) is 0 Å². The van der Waals surface area contributed by atoms with Crippen LogP contribution in [0.1, 0.15) is 18.5 Å². The third-order valence-electron chi connectivity index (χ3n) is 3.03. The summed E-state index contributed by atoms with van der Waals surface area (Å²) in [5.41, 5.74) is 1.44. The molecule has 2 rings (SSSR count). The maximum atomic E-state index is 13.0. The SMILES string of the molecule is CC(NCC(=O)Nc1cccc(F)c1)c1cccc(Cl)c1. The number of benzene rings is 2. The van der Waals surface area contributed by atoms with Gasteiger partial charge in [-0.2, -0.15) is 0 Å². The van der Waals surface area contributed by atoms with Crippen LogP contribution < -0.4 is 10.6 Å². The molecule has 0 saturated carbocycles. The van der Waals surface area contributed by atoms with E-state index < -0.39 is 0 Å². The molecule has 2 aromatic carbocycles. The lowest BCUT2D eigenvalue weighted by molar-refractivity contribution is -0.115. The average Bonchev–Trinajstić information content (AvgIpc) is 2.45. The highest BCUT2D eigenvalue weighted by molar-refractivity contribution is 6.30. The summed E-state index contributed by atoms with van der Waals surface area (Å²) in [6, 6.07) is 13.2. The first kappa shape index (κ1) is 15.5. The van der Waals surface area contributed by atoms with Gasteiger partial charge in [0.15, 0.2) is 0 Å². The molecule has 110 valence electrons. The van der Waals surface area contributed by atoms with Crippen LogP contribution in [0.4, 0.5) is 10.1 Å². The maximum Gasteiger partial charge on any atom is 0.238 e. The predicted octanol–water partition coefficient (Wildman–Crippen LogP) is 3.77. The summed E-state index contributed by atoms with van der Waals surface area (Å²) in [7, 11) is 0. The molecule has 2 aromatic rings. The van der Waals surface area contributed by atoms with Crippen LogP contribution in [0.2, 0.25) is 5.02 Å². The van der Waals surface area contributed by atoms with Crippen LogP contribution in [0.25, 0.3) is 0 Å². The van der Waals surface area contributed by atoms with Crippen molar-refractivity contribution in [1.29, 1.82) is 0 Å². The fourth-order valence-electron chi connectivity index (χ4n) is 1.91. The van der Waals surface area contributed by atoms with Crippen LogP contribution in [0, 0.1) is 5.82 Å². The molecule has 0 aliphatic heterocycles. The summed E-state index contributed by atoms with van der Waals surface area (Å²) in [6.07, 6.45) is 0. The molecule has 0 saturated heterocycles. The van der Waals surface area contributed by atoms with Gasteiger partial charge in [0.05, 0.1) is 6.54 Å². The maximum absolute atomic E-state index is 13.0. The van der Waals surface area contributed by atoms with Gasteiger partial charge in [0.25, 0.3) is 0 Å². The smallest absolute Gasteiger partial charge is 0.238 e. The molecule has 0 aromatic heterocycles. The quantitative estimate of drug-likeness (QED) is 0.883. The third kappa shape index (κ3) is 4.85. The van der Waals surface area contributed by atoms with E-state index in [0.717, 1.165) is 5.56 Å². The van der Waals surface area contributed by atoms with Crippen molar-refractivity contribution in [2.24, 2.45) is 0 Å². The van der Waals surface area contributed by atoms with Crippen molar-refractivity contribution in [3.05, 3.63) is 64.9 Å². The molecule has 0 aliphatic carbocycles. The zero-order valence-electron chi connectivity index (χ0n) is 11.6. The van der Waals surface area contributed by atoms with Crippen LogP contribution in [0.15, 0.2) is 48.5 Å². The Morgan fingerprint density at radius 2 is 2.00 bits per heavy atom. The molecule has 21 heavy (non-hydrogen) atoms. The topological polar surface area (TPSA) is 41.1 Å². The number of amides is 1. The van der Waals surface area contributed by atoms with E-state index in [1.165, 1.54) is 12.1 Å². The van der Waals surface area contributed by atoms with Gasteiger partial charge >= 0.3 is 0 Å². The summed E-state index contributed by atoms with van der Waals surface area (Å²) in [5.74, 6) is -0.609. The molecule has 0 spiro atoms. The molecule has 5 heteroatoms. The van der Waals surface area contributed by atoms with Gasteiger partial charge in [0.1, 0.15) is 5.82 Å². The Balaban J connectivity index is 1.86. The first-order valence-corrected chi connectivity index (χ1v) is 6.96. The summed E-state index contributed by atoms with van der Waals surface area (Å²) in [4.78, 5) is 11.8. The monoisotopic (exact) mass is 306 g/mol. The van der Waals surface area contributed by atoms with Crippen LogP contribution in [0.3, 0.4) is 0 Å². The van der Waals surface area contributed by atoms with Crippen LogP contribution in [-0.2, 0) is 4.79 Å². The Hall–Kier alpha value is -1.91. The van der Waals surface area contributed by atoms with E-state index in [2.05, 4.69) is 10.6 Å². The third-order valence-corrected chi connectivity index (χ3v) is 3.26. The molecule has 2 N–H and O–H groups in total. The molecule has 0 aliphatic rings. The van der Waals surface area contributed by atoms with Gasteiger partial charge in [-0.1, -0.05) is 29.8 Å². The molecule has 3 nitrogen and oxygen atoms in total. The van der Waals surface area contributed by atoms with E-state index in [-0.39, 0.29) is 24.3 Å². The number of carbonyl (C=O) groups is 1. The predicted molar refractivity (Wildman–Crippen MR) is 82.9 cm³/mol.